The highest BCUT2D eigenvalue weighted by Crippen LogP contribution is 2.31. The number of anilines is 1. The summed E-state index contributed by atoms with van der Waals surface area (Å²) < 4.78 is 2.24. The van der Waals surface area contributed by atoms with Crippen molar-refractivity contribution in [3.05, 3.63) is 70.7 Å². The first-order valence-electron chi connectivity index (χ1n) is 8.03. The number of rotatable bonds is 6. The molecule has 2 heterocycles. The Morgan fingerprint density at radius 3 is 2.69 bits per heavy atom. The molecule has 0 aliphatic heterocycles. The number of nitrogens with zero attached hydrogens (tertiary/aromatic N) is 2. The minimum absolute atomic E-state index is 0.0454. The van der Waals surface area contributed by atoms with Gasteiger partial charge in [-0.15, -0.1) is 22.7 Å². The van der Waals surface area contributed by atoms with Crippen LogP contribution in [0.1, 0.15) is 10.7 Å². The van der Waals surface area contributed by atoms with Gasteiger partial charge in [0, 0.05) is 16.8 Å². The molecule has 0 bridgehead atoms. The fourth-order valence-electron chi connectivity index (χ4n) is 2.41. The molecule has 0 radical (unpaired) electrons. The van der Waals surface area contributed by atoms with Gasteiger partial charge in [-0.2, -0.15) is 0 Å². The second-order valence-electron chi connectivity index (χ2n) is 5.56. The Hall–Kier alpha value is -2.22. The van der Waals surface area contributed by atoms with Crippen molar-refractivity contribution in [3.63, 3.8) is 0 Å². The molecule has 2 aromatic heterocycles. The van der Waals surface area contributed by atoms with Crippen molar-refractivity contribution >= 4 is 56.2 Å². The van der Waals surface area contributed by atoms with Gasteiger partial charge in [-0.1, -0.05) is 42.1 Å². The zero-order chi connectivity index (χ0) is 17.8. The molecule has 0 spiro atoms. The van der Waals surface area contributed by atoms with Crippen LogP contribution in [0.2, 0.25) is 0 Å². The van der Waals surface area contributed by atoms with Gasteiger partial charge in [0.1, 0.15) is 5.01 Å². The second kappa shape index (κ2) is 7.99. The van der Waals surface area contributed by atoms with Gasteiger partial charge in [0.25, 0.3) is 0 Å². The van der Waals surface area contributed by atoms with E-state index < -0.39 is 0 Å². The summed E-state index contributed by atoms with van der Waals surface area (Å²) in [5.74, 6) is 0.715. The first-order valence-corrected chi connectivity index (χ1v) is 10.7. The number of amides is 1. The molecular formula is C19H15N3OS3. The molecule has 4 aromatic rings. The summed E-state index contributed by atoms with van der Waals surface area (Å²) in [5.41, 5.74) is 2.83. The summed E-state index contributed by atoms with van der Waals surface area (Å²) in [7, 11) is 0. The van der Waals surface area contributed by atoms with Crippen LogP contribution in [-0.2, 0) is 17.0 Å². The maximum Gasteiger partial charge on any atom is 0.231 e. The molecule has 1 amide bonds. The van der Waals surface area contributed by atoms with E-state index in [1.807, 2.05) is 53.9 Å². The van der Waals surface area contributed by atoms with Gasteiger partial charge < -0.3 is 5.32 Å². The van der Waals surface area contributed by atoms with Crippen LogP contribution in [0.4, 0.5) is 5.69 Å². The number of aromatic nitrogens is 2. The summed E-state index contributed by atoms with van der Waals surface area (Å²) in [6.07, 6.45) is 0.297. The van der Waals surface area contributed by atoms with Crippen molar-refractivity contribution in [2.45, 2.75) is 16.5 Å². The summed E-state index contributed by atoms with van der Waals surface area (Å²) in [6, 6.07) is 17.6. The predicted molar refractivity (Wildman–Crippen MR) is 110 cm³/mol. The third-order valence-corrected chi connectivity index (χ3v) is 6.70. The minimum atomic E-state index is -0.0454. The Morgan fingerprint density at radius 1 is 1.04 bits per heavy atom. The van der Waals surface area contributed by atoms with Crippen LogP contribution < -0.4 is 5.32 Å². The largest absolute Gasteiger partial charge is 0.326 e. The standard InChI is InChI=1S/C19H15N3OS3/c23-17(20-13-6-2-1-3-7-13)10-18-21-14(11-24-18)12-25-19-22-15-8-4-5-9-16(15)26-19/h1-9,11H,10,12H2,(H,20,23). The molecule has 0 unspecified atom stereocenters. The van der Waals surface area contributed by atoms with Crippen LogP contribution in [-0.4, -0.2) is 15.9 Å². The number of benzene rings is 2. The Bertz CT molecular complexity index is 994. The molecule has 0 saturated carbocycles. The molecule has 0 saturated heterocycles. The molecule has 0 aliphatic rings. The highest BCUT2D eigenvalue weighted by Gasteiger charge is 2.10. The molecule has 2 aromatic carbocycles. The summed E-state index contributed by atoms with van der Waals surface area (Å²) in [5, 5.41) is 5.74. The highest BCUT2D eigenvalue weighted by atomic mass is 32.2. The number of fused-ring (bicyclic) bond motifs is 1. The number of thioether (sulfide) groups is 1. The molecular weight excluding hydrogens is 382 g/mol. The van der Waals surface area contributed by atoms with E-state index >= 15 is 0 Å². The zero-order valence-corrected chi connectivity index (χ0v) is 16.2. The van der Waals surface area contributed by atoms with E-state index in [1.165, 1.54) is 16.0 Å². The van der Waals surface area contributed by atoms with Crippen molar-refractivity contribution in [2.24, 2.45) is 0 Å². The molecule has 0 aliphatic carbocycles. The Labute approximate surface area is 163 Å². The van der Waals surface area contributed by atoms with Crippen molar-refractivity contribution in [1.82, 2.24) is 9.97 Å². The molecule has 4 rings (SSSR count). The van der Waals surface area contributed by atoms with Gasteiger partial charge in [-0.25, -0.2) is 9.97 Å². The maximum atomic E-state index is 12.1. The van der Waals surface area contributed by atoms with E-state index in [-0.39, 0.29) is 5.91 Å². The quantitative estimate of drug-likeness (QED) is 0.453. The van der Waals surface area contributed by atoms with Crippen molar-refractivity contribution in [3.8, 4) is 0 Å². The molecule has 0 fully saturated rings. The first kappa shape index (κ1) is 17.2. The van der Waals surface area contributed by atoms with E-state index in [2.05, 4.69) is 21.4 Å². The van der Waals surface area contributed by atoms with Crippen LogP contribution in [0.3, 0.4) is 0 Å². The van der Waals surface area contributed by atoms with Gasteiger partial charge in [0.15, 0.2) is 4.34 Å². The first-order chi connectivity index (χ1) is 12.8. The van der Waals surface area contributed by atoms with E-state index in [1.54, 1.807) is 23.1 Å². The van der Waals surface area contributed by atoms with Gasteiger partial charge in [-0.3, -0.25) is 4.79 Å². The number of hydrogen-bond donors (Lipinski definition) is 1. The fraction of sp³-hybridized carbons (Fsp3) is 0.105. The van der Waals surface area contributed by atoms with Crippen molar-refractivity contribution in [1.29, 1.82) is 0 Å². The maximum absolute atomic E-state index is 12.1. The topological polar surface area (TPSA) is 54.9 Å². The van der Waals surface area contributed by atoms with E-state index in [9.17, 15) is 4.79 Å². The van der Waals surface area contributed by atoms with Gasteiger partial charge >= 0.3 is 0 Å². The Kier molecular flexibility index (Phi) is 5.29. The van der Waals surface area contributed by atoms with Crippen LogP contribution in [0.15, 0.2) is 64.3 Å². The Morgan fingerprint density at radius 2 is 1.85 bits per heavy atom. The van der Waals surface area contributed by atoms with Crippen molar-refractivity contribution < 1.29 is 4.79 Å². The number of nitrogens with one attached hydrogen (secondary N) is 1. The second-order valence-corrected chi connectivity index (χ2v) is 8.76. The summed E-state index contributed by atoms with van der Waals surface area (Å²) in [4.78, 5) is 21.3. The number of carbonyl (C=O) groups is 1. The Balaban J connectivity index is 1.33. The van der Waals surface area contributed by atoms with Gasteiger partial charge in [0.2, 0.25) is 5.91 Å². The summed E-state index contributed by atoms with van der Waals surface area (Å²) >= 11 is 4.91. The van der Waals surface area contributed by atoms with Crippen LogP contribution in [0.25, 0.3) is 10.2 Å². The average molecular weight is 398 g/mol. The molecule has 7 heteroatoms. The number of thiazole rings is 2. The molecule has 1 N–H and O–H groups in total. The smallest absolute Gasteiger partial charge is 0.231 e. The fourth-order valence-corrected chi connectivity index (χ4v) is 5.27. The van der Waals surface area contributed by atoms with Crippen LogP contribution >= 0.6 is 34.4 Å². The minimum Gasteiger partial charge on any atom is -0.326 e. The third-order valence-electron chi connectivity index (χ3n) is 3.59. The van der Waals surface area contributed by atoms with E-state index in [4.69, 9.17) is 0 Å². The van der Waals surface area contributed by atoms with E-state index in [0.717, 1.165) is 32.0 Å². The predicted octanol–water partition coefficient (Wildman–Crippen LogP) is 5.23. The lowest BCUT2D eigenvalue weighted by atomic mass is 10.3. The summed E-state index contributed by atoms with van der Waals surface area (Å²) in [6.45, 7) is 0. The van der Waals surface area contributed by atoms with Gasteiger partial charge in [0.05, 0.1) is 22.3 Å². The van der Waals surface area contributed by atoms with Crippen LogP contribution in [0, 0.1) is 0 Å². The number of hydrogen-bond acceptors (Lipinski definition) is 6. The molecule has 0 atom stereocenters. The number of para-hydroxylation sites is 2. The SMILES string of the molecule is O=C(Cc1nc(CSc2nc3ccccc3s2)cs1)Nc1ccccc1. The molecule has 26 heavy (non-hydrogen) atoms. The number of carbonyl (C=O) groups excluding carboxylic acids is 1. The monoisotopic (exact) mass is 397 g/mol. The lowest BCUT2D eigenvalue weighted by Gasteiger charge is -2.02. The third kappa shape index (κ3) is 4.30. The lowest BCUT2D eigenvalue weighted by molar-refractivity contribution is -0.115. The highest BCUT2D eigenvalue weighted by molar-refractivity contribution is 8.00. The van der Waals surface area contributed by atoms with Crippen molar-refractivity contribution in [2.75, 3.05) is 5.32 Å². The average Bonchev–Trinajstić information content (AvgIpc) is 3.26. The normalized spacial score (nSPS) is 10.9. The molecule has 130 valence electrons. The lowest BCUT2D eigenvalue weighted by Crippen LogP contribution is -2.14. The molecule has 4 nitrogen and oxygen atoms in total. The van der Waals surface area contributed by atoms with Crippen LogP contribution in [0.5, 0.6) is 0 Å². The van der Waals surface area contributed by atoms with Gasteiger partial charge in [-0.05, 0) is 24.3 Å². The van der Waals surface area contributed by atoms with E-state index in [0.29, 0.717) is 6.42 Å². The zero-order valence-electron chi connectivity index (χ0n) is 13.7.